The second kappa shape index (κ2) is 5.40. The Labute approximate surface area is 113 Å². The Morgan fingerprint density at radius 2 is 2.06 bits per heavy atom. The van der Waals surface area contributed by atoms with E-state index in [9.17, 15) is 0 Å². The zero-order chi connectivity index (χ0) is 13.1. The van der Waals surface area contributed by atoms with Crippen LogP contribution in [0.2, 0.25) is 5.02 Å². The first-order valence-electron chi connectivity index (χ1n) is 6.08. The summed E-state index contributed by atoms with van der Waals surface area (Å²) in [4.78, 5) is 4.46. The average Bonchev–Trinajstić information content (AvgIpc) is 2.61. The van der Waals surface area contributed by atoms with Crippen molar-refractivity contribution in [3.05, 3.63) is 52.3 Å². The van der Waals surface area contributed by atoms with Crippen LogP contribution in [0.3, 0.4) is 0 Å². The normalized spacial score (nSPS) is 11.3. The minimum atomic E-state index is 0.712. The fraction of sp³-hybridized carbons (Fsp3) is 0.267. The van der Waals surface area contributed by atoms with Gasteiger partial charge >= 0.3 is 0 Å². The summed E-state index contributed by atoms with van der Waals surface area (Å²) in [5, 5.41) is 0.712. The summed E-state index contributed by atoms with van der Waals surface area (Å²) in [6.07, 6.45) is 1.90. The fourth-order valence-corrected chi connectivity index (χ4v) is 2.33. The molecule has 1 aromatic carbocycles. The number of aromatic nitrogens is 1. The van der Waals surface area contributed by atoms with Gasteiger partial charge in [0.2, 0.25) is 0 Å². The topological polar surface area (TPSA) is 17.3 Å². The molecule has 3 heteroatoms. The summed E-state index contributed by atoms with van der Waals surface area (Å²) in [6.45, 7) is 7.38. The molecular formula is C15H17ClN2. The highest BCUT2D eigenvalue weighted by atomic mass is 35.5. The molecule has 2 aromatic rings. The number of nitrogens with zero attached hydrogens (tertiary/aromatic N) is 2. The fourth-order valence-electron chi connectivity index (χ4n) is 2.15. The molecule has 0 atom stereocenters. The van der Waals surface area contributed by atoms with Crippen molar-refractivity contribution in [1.29, 1.82) is 0 Å². The SMILES string of the molecule is CCn1c(C)cc(C=Nc2cccc(Cl)c2)c1C. The number of hydrogen-bond acceptors (Lipinski definition) is 1. The van der Waals surface area contributed by atoms with Crippen molar-refractivity contribution < 1.29 is 0 Å². The number of hydrogen-bond donors (Lipinski definition) is 0. The lowest BCUT2D eigenvalue weighted by Crippen LogP contribution is -1.99. The molecule has 0 saturated heterocycles. The molecule has 0 aliphatic rings. The van der Waals surface area contributed by atoms with E-state index < -0.39 is 0 Å². The molecule has 0 aliphatic heterocycles. The molecule has 0 radical (unpaired) electrons. The van der Waals surface area contributed by atoms with Gasteiger partial charge in [-0.3, -0.25) is 4.99 Å². The van der Waals surface area contributed by atoms with Crippen molar-refractivity contribution in [2.45, 2.75) is 27.3 Å². The zero-order valence-corrected chi connectivity index (χ0v) is 11.7. The summed E-state index contributed by atoms with van der Waals surface area (Å²) >= 11 is 5.93. The van der Waals surface area contributed by atoms with Gasteiger partial charge in [-0.2, -0.15) is 0 Å². The lowest BCUT2D eigenvalue weighted by Gasteiger charge is -2.04. The van der Waals surface area contributed by atoms with Gasteiger partial charge in [0.1, 0.15) is 0 Å². The molecule has 18 heavy (non-hydrogen) atoms. The molecule has 0 spiro atoms. The number of aryl methyl sites for hydroxylation is 1. The van der Waals surface area contributed by atoms with Crippen LogP contribution in [-0.2, 0) is 6.54 Å². The van der Waals surface area contributed by atoms with Crippen molar-refractivity contribution in [2.24, 2.45) is 4.99 Å². The standard InChI is InChI=1S/C15H17ClN2/c1-4-18-11(2)8-13(12(18)3)10-17-15-7-5-6-14(16)9-15/h5-10H,4H2,1-3H3. The van der Waals surface area contributed by atoms with Crippen molar-refractivity contribution >= 4 is 23.5 Å². The maximum atomic E-state index is 5.93. The molecule has 2 nitrogen and oxygen atoms in total. The van der Waals surface area contributed by atoms with Gasteiger partial charge in [-0.15, -0.1) is 0 Å². The molecule has 0 unspecified atom stereocenters. The van der Waals surface area contributed by atoms with Gasteiger partial charge in [-0.25, -0.2) is 0 Å². The second-order valence-corrected chi connectivity index (χ2v) is 4.75. The molecular weight excluding hydrogens is 244 g/mol. The van der Waals surface area contributed by atoms with Gasteiger partial charge < -0.3 is 4.57 Å². The molecule has 0 bridgehead atoms. The van der Waals surface area contributed by atoms with E-state index in [-0.39, 0.29) is 0 Å². The van der Waals surface area contributed by atoms with Crippen LogP contribution < -0.4 is 0 Å². The molecule has 0 N–H and O–H groups in total. The van der Waals surface area contributed by atoms with Gasteiger partial charge in [0.15, 0.2) is 0 Å². The summed E-state index contributed by atoms with van der Waals surface area (Å²) < 4.78 is 2.28. The van der Waals surface area contributed by atoms with Crippen LogP contribution in [0.1, 0.15) is 23.9 Å². The molecule has 94 valence electrons. The van der Waals surface area contributed by atoms with Crippen LogP contribution in [0.15, 0.2) is 35.3 Å². The molecule has 0 aliphatic carbocycles. The number of rotatable bonds is 3. The maximum Gasteiger partial charge on any atom is 0.0644 e. The first kappa shape index (κ1) is 12.9. The van der Waals surface area contributed by atoms with E-state index >= 15 is 0 Å². The van der Waals surface area contributed by atoms with E-state index in [0.717, 1.165) is 17.8 Å². The number of halogens is 1. The third-order valence-corrected chi connectivity index (χ3v) is 3.33. The van der Waals surface area contributed by atoms with E-state index in [1.807, 2.05) is 30.5 Å². The molecule has 2 rings (SSSR count). The van der Waals surface area contributed by atoms with Crippen molar-refractivity contribution in [2.75, 3.05) is 0 Å². The minimum Gasteiger partial charge on any atom is -0.349 e. The van der Waals surface area contributed by atoms with Gasteiger partial charge in [0, 0.05) is 34.7 Å². The Hall–Kier alpha value is -1.54. The van der Waals surface area contributed by atoms with Gasteiger partial charge in [-0.1, -0.05) is 17.7 Å². The second-order valence-electron chi connectivity index (χ2n) is 4.31. The average molecular weight is 261 g/mol. The van der Waals surface area contributed by atoms with Crippen molar-refractivity contribution in [1.82, 2.24) is 4.57 Å². The van der Waals surface area contributed by atoms with Crippen LogP contribution in [0.4, 0.5) is 5.69 Å². The van der Waals surface area contributed by atoms with E-state index in [0.29, 0.717) is 5.02 Å². The zero-order valence-electron chi connectivity index (χ0n) is 10.9. The summed E-state index contributed by atoms with van der Waals surface area (Å²) in [6, 6.07) is 9.72. The van der Waals surface area contributed by atoms with E-state index in [1.54, 1.807) is 0 Å². The Morgan fingerprint density at radius 3 is 2.67 bits per heavy atom. The van der Waals surface area contributed by atoms with Crippen LogP contribution in [0.5, 0.6) is 0 Å². The van der Waals surface area contributed by atoms with Crippen LogP contribution in [-0.4, -0.2) is 10.8 Å². The summed E-state index contributed by atoms with van der Waals surface area (Å²) in [5.74, 6) is 0. The largest absolute Gasteiger partial charge is 0.349 e. The Bertz CT molecular complexity index is 582. The first-order valence-corrected chi connectivity index (χ1v) is 6.46. The molecule has 1 aromatic heterocycles. The Kier molecular flexibility index (Phi) is 3.87. The van der Waals surface area contributed by atoms with Gasteiger partial charge in [0.25, 0.3) is 0 Å². The summed E-state index contributed by atoms with van der Waals surface area (Å²) in [7, 11) is 0. The minimum absolute atomic E-state index is 0.712. The number of benzene rings is 1. The van der Waals surface area contributed by atoms with Crippen LogP contribution in [0.25, 0.3) is 0 Å². The lowest BCUT2D eigenvalue weighted by molar-refractivity contribution is 0.718. The van der Waals surface area contributed by atoms with E-state index in [2.05, 4.69) is 36.4 Å². The molecule has 0 fully saturated rings. The van der Waals surface area contributed by atoms with E-state index in [1.165, 1.54) is 11.4 Å². The smallest absolute Gasteiger partial charge is 0.0644 e. The quantitative estimate of drug-likeness (QED) is 0.722. The third kappa shape index (κ3) is 2.65. The van der Waals surface area contributed by atoms with E-state index in [4.69, 9.17) is 11.6 Å². The van der Waals surface area contributed by atoms with Crippen molar-refractivity contribution in [3.8, 4) is 0 Å². The molecule has 0 saturated carbocycles. The highest BCUT2D eigenvalue weighted by molar-refractivity contribution is 6.30. The van der Waals surface area contributed by atoms with Crippen molar-refractivity contribution in [3.63, 3.8) is 0 Å². The predicted octanol–water partition coefficient (Wildman–Crippen LogP) is 4.53. The van der Waals surface area contributed by atoms with Gasteiger partial charge in [0.05, 0.1) is 5.69 Å². The Balaban J connectivity index is 2.29. The third-order valence-electron chi connectivity index (χ3n) is 3.09. The molecule has 1 heterocycles. The highest BCUT2D eigenvalue weighted by Gasteiger charge is 2.05. The van der Waals surface area contributed by atoms with Gasteiger partial charge in [-0.05, 0) is 45.0 Å². The lowest BCUT2D eigenvalue weighted by atomic mass is 10.2. The maximum absolute atomic E-state index is 5.93. The van der Waals surface area contributed by atoms with Crippen LogP contribution in [0, 0.1) is 13.8 Å². The summed E-state index contributed by atoms with van der Waals surface area (Å²) in [5.41, 5.74) is 4.56. The van der Waals surface area contributed by atoms with Crippen LogP contribution >= 0.6 is 11.6 Å². The monoisotopic (exact) mass is 260 g/mol. The Morgan fingerprint density at radius 1 is 1.28 bits per heavy atom. The predicted molar refractivity (Wildman–Crippen MR) is 78.3 cm³/mol. The number of aliphatic imine (C=N–C) groups is 1. The first-order chi connectivity index (χ1) is 8.61. The highest BCUT2D eigenvalue weighted by Crippen LogP contribution is 2.19. The molecule has 0 amide bonds.